The van der Waals surface area contributed by atoms with Gasteiger partial charge in [0.05, 0.1) is 31.0 Å². The molecule has 1 N–H and O–H groups in total. The number of anilines is 1. The average molecular weight is 359 g/mol. The van der Waals surface area contributed by atoms with Crippen molar-refractivity contribution in [3.05, 3.63) is 52.5 Å². The molecule has 0 radical (unpaired) electrons. The molecule has 5 nitrogen and oxygen atoms in total. The number of amides is 1. The zero-order valence-electron chi connectivity index (χ0n) is 14.1. The monoisotopic (exact) mass is 358 g/mol. The number of halogens is 1. The van der Waals surface area contributed by atoms with Gasteiger partial charge in [0.2, 0.25) is 5.91 Å². The summed E-state index contributed by atoms with van der Waals surface area (Å²) in [7, 11) is 1.51. The number of benzene rings is 2. The molecule has 0 aliphatic carbocycles. The van der Waals surface area contributed by atoms with Gasteiger partial charge in [-0.2, -0.15) is 5.26 Å². The molecular formula is C19H19ClN2O3. The van der Waals surface area contributed by atoms with Gasteiger partial charge in [-0.15, -0.1) is 0 Å². The molecule has 130 valence electrons. The number of hydrogen-bond acceptors (Lipinski definition) is 4. The summed E-state index contributed by atoms with van der Waals surface area (Å²) < 4.78 is 10.9. The highest BCUT2D eigenvalue weighted by molar-refractivity contribution is 6.30. The van der Waals surface area contributed by atoms with Crippen molar-refractivity contribution >= 4 is 23.2 Å². The van der Waals surface area contributed by atoms with E-state index in [0.29, 0.717) is 41.5 Å². The normalized spacial score (nSPS) is 10.0. The van der Waals surface area contributed by atoms with Crippen molar-refractivity contribution in [1.82, 2.24) is 0 Å². The van der Waals surface area contributed by atoms with Gasteiger partial charge < -0.3 is 14.8 Å². The van der Waals surface area contributed by atoms with Crippen LogP contribution in [0.3, 0.4) is 0 Å². The number of carbonyl (C=O) groups excluding carboxylic acids is 1. The van der Waals surface area contributed by atoms with Crippen molar-refractivity contribution in [3.8, 4) is 17.6 Å². The van der Waals surface area contributed by atoms with Crippen LogP contribution in [0.2, 0.25) is 5.02 Å². The number of nitrogens with one attached hydrogen (secondary N) is 1. The number of nitrogens with zero attached hydrogens (tertiary/aromatic N) is 1. The smallest absolute Gasteiger partial charge is 0.224 e. The van der Waals surface area contributed by atoms with Crippen LogP contribution < -0.4 is 14.8 Å². The zero-order valence-corrected chi connectivity index (χ0v) is 14.9. The molecule has 1 amide bonds. The van der Waals surface area contributed by atoms with E-state index < -0.39 is 0 Å². The molecule has 6 heteroatoms. The lowest BCUT2D eigenvalue weighted by Gasteiger charge is -2.11. The highest BCUT2D eigenvalue weighted by atomic mass is 35.5. The van der Waals surface area contributed by atoms with E-state index in [9.17, 15) is 4.79 Å². The molecule has 0 heterocycles. The summed E-state index contributed by atoms with van der Waals surface area (Å²) in [4.78, 5) is 12.1. The van der Waals surface area contributed by atoms with Crippen LogP contribution in [-0.2, 0) is 4.79 Å². The molecule has 2 aromatic carbocycles. The molecule has 25 heavy (non-hydrogen) atoms. The third kappa shape index (κ3) is 5.40. The Balaban J connectivity index is 1.84. The number of hydrogen-bond donors (Lipinski definition) is 1. The first kappa shape index (κ1) is 18.6. The van der Waals surface area contributed by atoms with Crippen LogP contribution in [0.4, 0.5) is 5.69 Å². The summed E-state index contributed by atoms with van der Waals surface area (Å²) in [6.45, 7) is 2.34. The molecule has 0 saturated carbocycles. The van der Waals surface area contributed by atoms with E-state index in [4.69, 9.17) is 26.3 Å². The quantitative estimate of drug-likeness (QED) is 0.748. The second-order valence-electron chi connectivity index (χ2n) is 5.44. The molecule has 0 aromatic heterocycles. The minimum absolute atomic E-state index is 0.162. The van der Waals surface area contributed by atoms with Crippen molar-refractivity contribution in [1.29, 1.82) is 5.26 Å². The first-order valence-corrected chi connectivity index (χ1v) is 8.18. The van der Waals surface area contributed by atoms with Crippen LogP contribution >= 0.6 is 11.6 Å². The summed E-state index contributed by atoms with van der Waals surface area (Å²) in [6, 6.07) is 12.3. The van der Waals surface area contributed by atoms with Crippen LogP contribution in [0.25, 0.3) is 0 Å². The van der Waals surface area contributed by atoms with Gasteiger partial charge in [-0.05, 0) is 55.3 Å². The second kappa shape index (κ2) is 8.95. The number of rotatable bonds is 7. The third-order valence-electron chi connectivity index (χ3n) is 3.55. The van der Waals surface area contributed by atoms with E-state index in [1.807, 2.05) is 25.1 Å². The van der Waals surface area contributed by atoms with Gasteiger partial charge in [-0.1, -0.05) is 11.6 Å². The van der Waals surface area contributed by atoms with Gasteiger partial charge >= 0.3 is 0 Å². The Hall–Kier alpha value is -2.71. The number of carbonyl (C=O) groups is 1. The lowest BCUT2D eigenvalue weighted by molar-refractivity contribution is -0.116. The third-order valence-corrected chi connectivity index (χ3v) is 3.78. The van der Waals surface area contributed by atoms with Crippen LogP contribution in [0.5, 0.6) is 11.5 Å². The molecule has 2 aromatic rings. The number of ether oxygens (including phenoxy) is 2. The Morgan fingerprint density at radius 2 is 2.00 bits per heavy atom. The van der Waals surface area contributed by atoms with Crippen molar-refractivity contribution in [3.63, 3.8) is 0 Å². The van der Waals surface area contributed by atoms with Crippen molar-refractivity contribution < 1.29 is 14.3 Å². The van der Waals surface area contributed by atoms with Crippen molar-refractivity contribution in [2.45, 2.75) is 19.8 Å². The van der Waals surface area contributed by atoms with Gasteiger partial charge in [0.1, 0.15) is 11.5 Å². The summed E-state index contributed by atoms with van der Waals surface area (Å²) in [5.41, 5.74) is 1.90. The zero-order chi connectivity index (χ0) is 18.2. The summed E-state index contributed by atoms with van der Waals surface area (Å²) in [5.74, 6) is 1.11. The number of aryl methyl sites for hydroxylation is 1. The second-order valence-corrected chi connectivity index (χ2v) is 5.87. The van der Waals surface area contributed by atoms with E-state index in [1.54, 1.807) is 24.3 Å². The maximum atomic E-state index is 12.1. The molecule has 0 fully saturated rings. The van der Waals surface area contributed by atoms with Gasteiger partial charge in [0.15, 0.2) is 0 Å². The predicted molar refractivity (Wildman–Crippen MR) is 97.3 cm³/mol. The standard InChI is InChI=1S/C19H19ClN2O3/c1-13-10-15(20)6-8-17(13)25-9-3-4-19(23)22-16-11-14(12-21)5-7-18(16)24-2/h5-8,10-11H,3-4,9H2,1-2H3,(H,22,23). The molecule has 0 unspecified atom stereocenters. The van der Waals surface area contributed by atoms with E-state index in [2.05, 4.69) is 5.32 Å². The van der Waals surface area contributed by atoms with Crippen LogP contribution in [-0.4, -0.2) is 19.6 Å². The van der Waals surface area contributed by atoms with E-state index in [0.717, 1.165) is 11.3 Å². The number of methoxy groups -OCH3 is 1. The fourth-order valence-electron chi connectivity index (χ4n) is 2.28. The predicted octanol–water partition coefficient (Wildman–Crippen LogP) is 4.33. The molecule has 0 aliphatic heterocycles. The Morgan fingerprint density at radius 3 is 2.68 bits per heavy atom. The summed E-state index contributed by atoms with van der Waals surface area (Å²) >= 11 is 5.90. The Labute approximate surface area is 152 Å². The largest absolute Gasteiger partial charge is 0.495 e. The maximum absolute atomic E-state index is 12.1. The molecule has 0 aliphatic rings. The molecule has 0 atom stereocenters. The highest BCUT2D eigenvalue weighted by Crippen LogP contribution is 2.25. The molecule has 0 bridgehead atoms. The molecule has 0 spiro atoms. The summed E-state index contributed by atoms with van der Waals surface area (Å²) in [5, 5.41) is 12.4. The van der Waals surface area contributed by atoms with Gasteiger partial charge in [-0.3, -0.25) is 4.79 Å². The van der Waals surface area contributed by atoms with Crippen LogP contribution in [0, 0.1) is 18.3 Å². The SMILES string of the molecule is COc1ccc(C#N)cc1NC(=O)CCCOc1ccc(Cl)cc1C. The van der Waals surface area contributed by atoms with E-state index in [1.165, 1.54) is 7.11 Å². The van der Waals surface area contributed by atoms with Crippen molar-refractivity contribution in [2.24, 2.45) is 0 Å². The maximum Gasteiger partial charge on any atom is 0.224 e. The lowest BCUT2D eigenvalue weighted by atomic mass is 10.2. The highest BCUT2D eigenvalue weighted by Gasteiger charge is 2.09. The van der Waals surface area contributed by atoms with E-state index in [-0.39, 0.29) is 5.91 Å². The lowest BCUT2D eigenvalue weighted by Crippen LogP contribution is -2.13. The number of nitriles is 1. The minimum Gasteiger partial charge on any atom is -0.495 e. The topological polar surface area (TPSA) is 71.3 Å². The average Bonchev–Trinajstić information content (AvgIpc) is 2.60. The first-order chi connectivity index (χ1) is 12.0. The fraction of sp³-hybridized carbons (Fsp3) is 0.263. The first-order valence-electron chi connectivity index (χ1n) is 7.80. The Bertz CT molecular complexity index is 800. The van der Waals surface area contributed by atoms with Crippen LogP contribution in [0.15, 0.2) is 36.4 Å². The van der Waals surface area contributed by atoms with Gasteiger partial charge in [0.25, 0.3) is 0 Å². The Kier molecular flexibility index (Phi) is 6.67. The van der Waals surface area contributed by atoms with Crippen molar-refractivity contribution in [2.75, 3.05) is 19.0 Å². The minimum atomic E-state index is -0.162. The van der Waals surface area contributed by atoms with E-state index >= 15 is 0 Å². The van der Waals surface area contributed by atoms with Crippen LogP contribution in [0.1, 0.15) is 24.0 Å². The molecule has 2 rings (SSSR count). The Morgan fingerprint density at radius 1 is 1.24 bits per heavy atom. The van der Waals surface area contributed by atoms with Gasteiger partial charge in [0, 0.05) is 11.4 Å². The summed E-state index contributed by atoms with van der Waals surface area (Å²) in [6.07, 6.45) is 0.862. The van der Waals surface area contributed by atoms with Gasteiger partial charge in [-0.25, -0.2) is 0 Å². The fourth-order valence-corrected chi connectivity index (χ4v) is 2.50. The molecule has 0 saturated heterocycles. The molecular weight excluding hydrogens is 340 g/mol.